The topological polar surface area (TPSA) is 48.1 Å². The third-order valence-corrected chi connectivity index (χ3v) is 4.50. The minimum atomic E-state index is -0.130. The Morgan fingerprint density at radius 2 is 1.90 bits per heavy atom. The number of methoxy groups -OCH3 is 1. The average Bonchev–Trinajstić information content (AvgIpc) is 2.47. The van der Waals surface area contributed by atoms with Gasteiger partial charge in [0.2, 0.25) is 0 Å². The first kappa shape index (κ1) is 13.1. The lowest BCUT2D eigenvalue weighted by Crippen LogP contribution is -2.44. The molecule has 0 bridgehead atoms. The quantitative estimate of drug-likeness (QED) is 0.926. The van der Waals surface area contributed by atoms with E-state index in [9.17, 15) is 0 Å². The van der Waals surface area contributed by atoms with E-state index in [2.05, 4.69) is 29.2 Å². The molecule has 0 saturated heterocycles. The molecule has 1 aliphatic rings. The average molecular weight is 268 g/mol. The van der Waals surface area contributed by atoms with E-state index >= 15 is 0 Å². The summed E-state index contributed by atoms with van der Waals surface area (Å²) in [6.07, 6.45) is 5.22. The van der Waals surface area contributed by atoms with E-state index in [1.165, 1.54) is 12.0 Å². The van der Waals surface area contributed by atoms with Crippen LogP contribution >= 0.6 is 0 Å². The molecule has 0 aliphatic heterocycles. The summed E-state index contributed by atoms with van der Waals surface area (Å²) in [5.74, 6) is 0.780. The molecule has 1 saturated carbocycles. The Hall–Kier alpha value is -1.87. The minimum absolute atomic E-state index is 0.00287. The number of hydrogen-bond donors (Lipinski definition) is 1. The van der Waals surface area contributed by atoms with Gasteiger partial charge in [-0.25, -0.2) is 0 Å². The van der Waals surface area contributed by atoms with Gasteiger partial charge >= 0.3 is 0 Å². The summed E-state index contributed by atoms with van der Waals surface area (Å²) in [6, 6.07) is 14.2. The van der Waals surface area contributed by atoms with Gasteiger partial charge in [-0.15, -0.1) is 0 Å². The lowest BCUT2D eigenvalue weighted by molar-refractivity contribution is 0.191. The van der Waals surface area contributed by atoms with Gasteiger partial charge in [0.05, 0.1) is 18.8 Å². The summed E-state index contributed by atoms with van der Waals surface area (Å²) in [5.41, 5.74) is 8.78. The van der Waals surface area contributed by atoms with E-state index in [1.807, 2.05) is 18.2 Å². The number of nitrogens with two attached hydrogens (primary N) is 1. The van der Waals surface area contributed by atoms with Crippen LogP contribution in [0.15, 0.2) is 48.7 Å². The first-order chi connectivity index (χ1) is 9.78. The second kappa shape index (κ2) is 5.25. The molecular weight excluding hydrogens is 248 g/mol. The minimum Gasteiger partial charge on any atom is -0.495 e. The maximum Gasteiger partial charge on any atom is 0.142 e. The van der Waals surface area contributed by atoms with Crippen LogP contribution in [0.1, 0.15) is 36.6 Å². The zero-order chi connectivity index (χ0) is 14.0. The Labute approximate surface area is 119 Å². The van der Waals surface area contributed by atoms with Crippen LogP contribution in [-0.4, -0.2) is 12.1 Å². The van der Waals surface area contributed by atoms with Crippen molar-refractivity contribution in [1.82, 2.24) is 4.98 Å². The van der Waals surface area contributed by atoms with Crippen LogP contribution in [0.5, 0.6) is 5.75 Å². The fourth-order valence-corrected chi connectivity index (χ4v) is 3.18. The number of hydrogen-bond acceptors (Lipinski definition) is 3. The predicted octanol–water partition coefficient (Wildman–Crippen LogP) is 3.21. The highest BCUT2D eigenvalue weighted by molar-refractivity contribution is 5.38. The molecule has 1 aromatic heterocycles. The maximum atomic E-state index is 6.60. The molecule has 1 aromatic carbocycles. The molecule has 1 fully saturated rings. The Morgan fingerprint density at radius 3 is 2.50 bits per heavy atom. The van der Waals surface area contributed by atoms with E-state index in [-0.39, 0.29) is 11.5 Å². The number of rotatable bonds is 4. The Bertz CT molecular complexity index is 579. The fourth-order valence-electron chi connectivity index (χ4n) is 3.18. The summed E-state index contributed by atoms with van der Waals surface area (Å²) >= 11 is 0. The summed E-state index contributed by atoms with van der Waals surface area (Å²) in [6.45, 7) is 0. The molecule has 2 N–H and O–H groups in total. The van der Waals surface area contributed by atoms with Gasteiger partial charge in [0.25, 0.3) is 0 Å². The number of benzene rings is 1. The zero-order valence-corrected chi connectivity index (χ0v) is 11.8. The Kier molecular flexibility index (Phi) is 3.45. The van der Waals surface area contributed by atoms with Crippen LogP contribution in [0, 0.1) is 0 Å². The third-order valence-electron chi connectivity index (χ3n) is 4.50. The highest BCUT2D eigenvalue weighted by Gasteiger charge is 2.45. The Morgan fingerprint density at radius 1 is 1.15 bits per heavy atom. The summed E-state index contributed by atoms with van der Waals surface area (Å²) in [4.78, 5) is 4.47. The molecule has 3 nitrogen and oxygen atoms in total. The second-order valence-corrected chi connectivity index (χ2v) is 5.44. The van der Waals surface area contributed by atoms with Crippen molar-refractivity contribution >= 4 is 0 Å². The lowest BCUT2D eigenvalue weighted by atomic mass is 9.59. The Balaban J connectivity index is 2.01. The number of nitrogens with zero attached hydrogens (tertiary/aromatic N) is 1. The smallest absolute Gasteiger partial charge is 0.142 e. The molecule has 1 unspecified atom stereocenters. The molecule has 0 amide bonds. The standard InChI is InChI=1S/C17H20N2O/c1-20-14-9-5-12-19-15(14)16(18)17(10-6-11-17)13-7-3-2-4-8-13/h2-5,7-9,12,16H,6,10-11,18H2,1H3. The molecule has 0 spiro atoms. The first-order valence-corrected chi connectivity index (χ1v) is 7.08. The number of aromatic nitrogens is 1. The maximum absolute atomic E-state index is 6.60. The van der Waals surface area contributed by atoms with Gasteiger partial charge in [-0.3, -0.25) is 4.98 Å². The molecule has 1 atom stereocenters. The summed E-state index contributed by atoms with van der Waals surface area (Å²) in [7, 11) is 1.67. The van der Waals surface area contributed by atoms with Gasteiger partial charge < -0.3 is 10.5 Å². The van der Waals surface area contributed by atoms with Gasteiger partial charge in [0.15, 0.2) is 0 Å². The van der Waals surface area contributed by atoms with E-state index < -0.39 is 0 Å². The molecular formula is C17H20N2O. The van der Waals surface area contributed by atoms with E-state index in [1.54, 1.807) is 13.3 Å². The van der Waals surface area contributed by atoms with Crippen LogP contribution in [0.2, 0.25) is 0 Å². The summed E-state index contributed by atoms with van der Waals surface area (Å²) in [5, 5.41) is 0. The zero-order valence-electron chi connectivity index (χ0n) is 11.8. The van der Waals surface area contributed by atoms with Gasteiger partial charge in [0, 0.05) is 11.6 Å². The molecule has 0 radical (unpaired) electrons. The van der Waals surface area contributed by atoms with Crippen molar-refractivity contribution in [2.45, 2.75) is 30.7 Å². The summed E-state index contributed by atoms with van der Waals surface area (Å²) < 4.78 is 5.42. The molecule has 104 valence electrons. The molecule has 3 heteroatoms. The van der Waals surface area contributed by atoms with Gasteiger partial charge in [-0.1, -0.05) is 36.8 Å². The predicted molar refractivity (Wildman–Crippen MR) is 79.7 cm³/mol. The highest BCUT2D eigenvalue weighted by atomic mass is 16.5. The van der Waals surface area contributed by atoms with Crippen molar-refractivity contribution in [3.8, 4) is 5.75 Å². The van der Waals surface area contributed by atoms with E-state index in [4.69, 9.17) is 10.5 Å². The molecule has 20 heavy (non-hydrogen) atoms. The van der Waals surface area contributed by atoms with Crippen molar-refractivity contribution in [3.63, 3.8) is 0 Å². The fraction of sp³-hybridized carbons (Fsp3) is 0.353. The van der Waals surface area contributed by atoms with Crippen LogP contribution < -0.4 is 10.5 Å². The first-order valence-electron chi connectivity index (χ1n) is 7.08. The molecule has 1 aliphatic carbocycles. The SMILES string of the molecule is COc1cccnc1C(N)C1(c2ccccc2)CCC1. The lowest BCUT2D eigenvalue weighted by Gasteiger charge is -2.46. The van der Waals surface area contributed by atoms with Crippen LogP contribution in [0.25, 0.3) is 0 Å². The van der Waals surface area contributed by atoms with Crippen LogP contribution in [0.4, 0.5) is 0 Å². The van der Waals surface area contributed by atoms with E-state index in [0.29, 0.717) is 0 Å². The van der Waals surface area contributed by atoms with Crippen molar-refractivity contribution in [2.24, 2.45) is 5.73 Å². The molecule has 3 rings (SSSR count). The van der Waals surface area contributed by atoms with Gasteiger partial charge in [-0.2, -0.15) is 0 Å². The number of ether oxygens (including phenoxy) is 1. The van der Waals surface area contributed by atoms with Crippen molar-refractivity contribution in [1.29, 1.82) is 0 Å². The molecule has 1 heterocycles. The number of pyridine rings is 1. The van der Waals surface area contributed by atoms with Crippen molar-refractivity contribution in [2.75, 3.05) is 7.11 Å². The van der Waals surface area contributed by atoms with Crippen molar-refractivity contribution < 1.29 is 4.74 Å². The normalized spacial score (nSPS) is 18.1. The van der Waals surface area contributed by atoms with Crippen LogP contribution in [0.3, 0.4) is 0 Å². The second-order valence-electron chi connectivity index (χ2n) is 5.44. The third kappa shape index (κ3) is 1.98. The van der Waals surface area contributed by atoms with E-state index in [0.717, 1.165) is 24.3 Å². The van der Waals surface area contributed by atoms with Crippen molar-refractivity contribution in [3.05, 3.63) is 59.9 Å². The largest absolute Gasteiger partial charge is 0.495 e. The highest BCUT2D eigenvalue weighted by Crippen LogP contribution is 2.51. The van der Waals surface area contributed by atoms with Crippen LogP contribution in [-0.2, 0) is 5.41 Å². The van der Waals surface area contributed by atoms with Gasteiger partial charge in [-0.05, 0) is 30.5 Å². The monoisotopic (exact) mass is 268 g/mol. The molecule has 2 aromatic rings. The van der Waals surface area contributed by atoms with Gasteiger partial charge in [0.1, 0.15) is 5.75 Å².